The number of aryl methyl sites for hydroxylation is 2. The van der Waals surface area contributed by atoms with Crippen molar-refractivity contribution in [2.24, 2.45) is 0 Å². The summed E-state index contributed by atoms with van der Waals surface area (Å²) in [6.07, 6.45) is 10.4. The molecule has 87 heavy (non-hydrogen) atoms. The van der Waals surface area contributed by atoms with Gasteiger partial charge in [-0.15, -0.1) is 0 Å². The summed E-state index contributed by atoms with van der Waals surface area (Å²) in [7, 11) is -1.88. The molecule has 21 nitrogen and oxygen atoms in total. The zero-order chi connectivity index (χ0) is 62.6. The van der Waals surface area contributed by atoms with Gasteiger partial charge in [0.25, 0.3) is 17.7 Å². The SMILES string of the molecule is CC(=O)C1CCCCN1C(=O)c1ccc(OC2CCN(C(C)=O)CC2)c(C)c1.CC(=O)C1CCCCN1C(=O)c1ccc(Oc2ccc(Cl)cc2[N+](=O)[O-])c(C)c1.COC(=O)[C@@H]1CCCN1C(=O)c1ccc(OC2CCN(S(C)(=O)=O)CC2)c(Cl)c1.S. The van der Waals surface area contributed by atoms with Crippen LogP contribution in [0.4, 0.5) is 5.69 Å². The molecule has 4 aromatic rings. The van der Waals surface area contributed by atoms with Gasteiger partial charge in [0.05, 0.1) is 35.4 Å². The molecule has 0 aromatic heterocycles. The lowest BCUT2D eigenvalue weighted by atomic mass is 9.97. The Morgan fingerprint density at radius 1 is 0.552 bits per heavy atom. The predicted molar refractivity (Wildman–Crippen MR) is 333 cm³/mol. The van der Waals surface area contributed by atoms with E-state index >= 15 is 0 Å². The number of carbonyl (C=O) groups is 7. The summed E-state index contributed by atoms with van der Waals surface area (Å²) in [5.74, 6) is 0.886. The maximum atomic E-state index is 13.0. The van der Waals surface area contributed by atoms with E-state index in [0.717, 1.165) is 75.8 Å². The van der Waals surface area contributed by atoms with E-state index in [1.807, 2.05) is 24.0 Å². The third-order valence-electron chi connectivity index (χ3n) is 16.2. The number of carbonyl (C=O) groups excluding carboxylic acids is 7. The monoisotopic (exact) mass is 1280 g/mol. The molecule has 2 unspecified atom stereocenters. The van der Waals surface area contributed by atoms with E-state index in [1.165, 1.54) is 53.8 Å². The number of benzene rings is 4. The highest BCUT2D eigenvalue weighted by atomic mass is 35.5. The quantitative estimate of drug-likeness (QED) is 0.0647. The van der Waals surface area contributed by atoms with E-state index < -0.39 is 27.0 Å². The molecule has 5 saturated heterocycles. The number of nitrogens with zero attached hydrogens (tertiary/aromatic N) is 6. The summed E-state index contributed by atoms with van der Waals surface area (Å²) in [6, 6.07) is 18.1. The molecule has 0 N–H and O–H groups in total. The van der Waals surface area contributed by atoms with Gasteiger partial charge in [0, 0.05) is 93.4 Å². The number of nitro groups is 1. The van der Waals surface area contributed by atoms with Crippen molar-refractivity contribution in [3.8, 4) is 23.0 Å². The molecule has 5 heterocycles. The predicted octanol–water partition coefficient (Wildman–Crippen LogP) is 9.93. The first-order chi connectivity index (χ1) is 40.8. The van der Waals surface area contributed by atoms with Crippen LogP contribution in [-0.2, 0) is 33.9 Å². The molecule has 5 aliphatic rings. The fraction of sp³-hybridized carbons (Fsp3) is 0.500. The number of Topliss-reactive ketones (excluding diaryl/α,β-unsaturated/α-hetero) is 2. The van der Waals surface area contributed by atoms with Crippen molar-refractivity contribution in [2.75, 3.05) is 59.2 Å². The van der Waals surface area contributed by atoms with Crippen LogP contribution < -0.4 is 14.2 Å². The second-order valence-corrected chi connectivity index (χ2v) is 25.1. The first kappa shape index (κ1) is 69.3. The number of piperidine rings is 4. The topological polar surface area (TPSA) is 250 Å². The molecule has 0 spiro atoms. The number of sulfonamides is 1. The molecular weight excluding hydrogens is 1200 g/mol. The molecule has 472 valence electrons. The van der Waals surface area contributed by atoms with Gasteiger partial charge in [0.2, 0.25) is 21.7 Å². The number of methoxy groups -OCH3 is 1. The highest BCUT2D eigenvalue weighted by Crippen LogP contribution is 2.36. The Balaban J connectivity index is 0.000000207. The van der Waals surface area contributed by atoms with E-state index in [-0.39, 0.29) is 89.4 Å². The Bertz CT molecular complexity index is 3300. The van der Waals surface area contributed by atoms with Crippen LogP contribution in [0.1, 0.15) is 140 Å². The van der Waals surface area contributed by atoms with Gasteiger partial charge >= 0.3 is 11.7 Å². The van der Waals surface area contributed by atoms with E-state index in [9.17, 15) is 52.1 Å². The number of hydrogen-bond acceptors (Lipinski definition) is 15. The molecule has 3 atom stereocenters. The minimum atomic E-state index is -3.19. The Labute approximate surface area is 525 Å². The highest BCUT2D eigenvalue weighted by molar-refractivity contribution is 7.88. The smallest absolute Gasteiger partial charge is 0.328 e. The number of rotatable bonds is 14. The van der Waals surface area contributed by atoms with Gasteiger partial charge in [0.15, 0.2) is 11.6 Å². The summed E-state index contributed by atoms with van der Waals surface area (Å²) in [5, 5.41) is 11.8. The molecule has 0 saturated carbocycles. The zero-order valence-corrected chi connectivity index (χ0v) is 53.5. The van der Waals surface area contributed by atoms with Gasteiger partial charge in [-0.2, -0.15) is 13.5 Å². The van der Waals surface area contributed by atoms with Crippen LogP contribution in [0, 0.1) is 24.0 Å². The normalized spacial score (nSPS) is 19.2. The summed E-state index contributed by atoms with van der Waals surface area (Å²) in [4.78, 5) is 103. The summed E-state index contributed by atoms with van der Waals surface area (Å²) in [6.45, 7) is 12.3. The lowest BCUT2D eigenvalue weighted by Gasteiger charge is -2.34. The van der Waals surface area contributed by atoms with Gasteiger partial charge in [-0.25, -0.2) is 17.5 Å². The van der Waals surface area contributed by atoms with E-state index in [4.69, 9.17) is 42.1 Å². The number of ether oxygens (including phenoxy) is 4. The maximum Gasteiger partial charge on any atom is 0.328 e. The first-order valence-electron chi connectivity index (χ1n) is 29.0. The van der Waals surface area contributed by atoms with Crippen molar-refractivity contribution in [3.05, 3.63) is 121 Å². The first-order valence-corrected chi connectivity index (χ1v) is 31.6. The number of amides is 4. The standard InChI is InChI=1S/C22H30N2O4.C21H21ClN2O5.C19H25ClN2O6S.H2S/c1-15-14-18(22(27)24-11-5-4-6-20(24)16(2)25)7-8-21(15)28-19-9-12-23(13-10-19)17(3)26;1-13-11-15(21(26)23-10-4-3-5-17(23)14(2)25)6-8-19(13)29-20-9-7-16(22)12-18(20)24(27)28;1-27-19(24)16-4-3-9-22(16)18(23)13-5-6-17(15(20)12-13)28-14-7-10-21(11-8-14)29(2,25)26;/h7-8,14,19-20H,4-6,9-13H2,1-3H3;6-9,11-12,17H,3-5,10H2,1-2H3;5-6,12,14,16H,3-4,7-11H2,1-2H3;1H2/t;;16-;/m..0./s1. The number of likely N-dealkylation sites (tertiary alicyclic amines) is 4. The van der Waals surface area contributed by atoms with Crippen molar-refractivity contribution in [1.29, 1.82) is 0 Å². The summed E-state index contributed by atoms with van der Waals surface area (Å²) < 4.78 is 47.2. The molecule has 4 amide bonds. The highest BCUT2D eigenvalue weighted by Gasteiger charge is 2.37. The molecule has 25 heteroatoms. The molecule has 4 aromatic carbocycles. The second kappa shape index (κ2) is 31.4. The molecule has 0 radical (unpaired) electrons. The Hall–Kier alpha value is -6.79. The van der Waals surface area contributed by atoms with Gasteiger partial charge in [-0.3, -0.25) is 38.9 Å². The van der Waals surface area contributed by atoms with Crippen LogP contribution in [0.2, 0.25) is 10.0 Å². The van der Waals surface area contributed by atoms with Crippen molar-refractivity contribution in [3.63, 3.8) is 0 Å². The minimum absolute atomic E-state index is 0. The molecule has 0 bridgehead atoms. The molecule has 5 aliphatic heterocycles. The Morgan fingerprint density at radius 3 is 1.45 bits per heavy atom. The third-order valence-corrected chi connectivity index (χ3v) is 18.0. The van der Waals surface area contributed by atoms with Crippen LogP contribution in [0.5, 0.6) is 23.0 Å². The fourth-order valence-electron chi connectivity index (χ4n) is 11.4. The van der Waals surface area contributed by atoms with Crippen molar-refractivity contribution in [1.82, 2.24) is 23.9 Å². The number of halogens is 2. The molecule has 9 rings (SSSR count). The average Bonchev–Trinajstić information content (AvgIpc) is 3.59. The number of hydrogen-bond donors (Lipinski definition) is 0. The number of nitro benzene ring substituents is 1. The van der Waals surface area contributed by atoms with Crippen LogP contribution in [0.25, 0.3) is 0 Å². The number of ketones is 2. The van der Waals surface area contributed by atoms with Crippen molar-refractivity contribution in [2.45, 2.75) is 142 Å². The zero-order valence-electron chi connectivity index (χ0n) is 50.2. The lowest BCUT2D eigenvalue weighted by Crippen LogP contribution is -2.47. The molecule has 0 aliphatic carbocycles. The van der Waals surface area contributed by atoms with Gasteiger partial charge < -0.3 is 38.5 Å². The average molecular weight is 1280 g/mol. The number of esters is 1. The van der Waals surface area contributed by atoms with Gasteiger partial charge in [-0.1, -0.05) is 23.2 Å². The third kappa shape index (κ3) is 18.2. The molecule has 5 fully saturated rings. The maximum absolute atomic E-state index is 13.0. The van der Waals surface area contributed by atoms with Crippen molar-refractivity contribution >= 4 is 93.6 Å². The van der Waals surface area contributed by atoms with Crippen molar-refractivity contribution < 1.29 is 65.9 Å². The lowest BCUT2D eigenvalue weighted by molar-refractivity contribution is -0.385. The summed E-state index contributed by atoms with van der Waals surface area (Å²) in [5.41, 5.74) is 2.76. The van der Waals surface area contributed by atoms with Crippen LogP contribution >= 0.6 is 36.7 Å². The van der Waals surface area contributed by atoms with E-state index in [2.05, 4.69) is 0 Å². The fourth-order valence-corrected chi connectivity index (χ4v) is 12.7. The van der Waals surface area contributed by atoms with Gasteiger partial charge in [0.1, 0.15) is 35.5 Å². The van der Waals surface area contributed by atoms with Gasteiger partial charge in [-0.05, 0) is 170 Å². The largest absolute Gasteiger partial charge is 0.490 e. The van der Waals surface area contributed by atoms with Crippen LogP contribution in [0.15, 0.2) is 72.8 Å². The minimum Gasteiger partial charge on any atom is -0.490 e. The molecular formula is C62H78Cl2N6O15S2. The Morgan fingerprint density at radius 2 is 0.989 bits per heavy atom. The van der Waals surface area contributed by atoms with E-state index in [0.29, 0.717) is 97.2 Å². The second-order valence-electron chi connectivity index (χ2n) is 22.3. The Kier molecular flexibility index (Phi) is 25.0. The van der Waals surface area contributed by atoms with Crippen LogP contribution in [0.3, 0.4) is 0 Å². The van der Waals surface area contributed by atoms with E-state index in [1.54, 1.807) is 67.0 Å². The van der Waals surface area contributed by atoms with Crippen LogP contribution in [-0.4, -0.2) is 168 Å². The summed E-state index contributed by atoms with van der Waals surface area (Å²) >= 11 is 12.2.